The van der Waals surface area contributed by atoms with Crippen LogP contribution in [0.3, 0.4) is 0 Å². The van der Waals surface area contributed by atoms with Crippen molar-refractivity contribution >= 4 is 5.91 Å². The summed E-state index contributed by atoms with van der Waals surface area (Å²) in [5.74, 6) is -0.0176. The summed E-state index contributed by atoms with van der Waals surface area (Å²) in [6.45, 7) is 5.27. The lowest BCUT2D eigenvalue weighted by molar-refractivity contribution is 0.0749. The summed E-state index contributed by atoms with van der Waals surface area (Å²) in [5, 5.41) is 13.8. The van der Waals surface area contributed by atoms with Crippen molar-refractivity contribution in [1.82, 2.24) is 14.7 Å². The summed E-state index contributed by atoms with van der Waals surface area (Å²) in [5.41, 5.74) is 0.637. The molecule has 0 spiro atoms. The second-order valence-corrected chi connectivity index (χ2v) is 4.83. The van der Waals surface area contributed by atoms with Crippen LogP contribution < -0.4 is 0 Å². The number of aromatic nitrogens is 2. The van der Waals surface area contributed by atoms with Crippen LogP contribution >= 0.6 is 0 Å². The Morgan fingerprint density at radius 1 is 1.56 bits per heavy atom. The van der Waals surface area contributed by atoms with Gasteiger partial charge in [-0.15, -0.1) is 0 Å². The molecule has 5 nitrogen and oxygen atoms in total. The third-order valence-corrected chi connectivity index (χ3v) is 3.63. The lowest BCUT2D eigenvalue weighted by Gasteiger charge is -2.20. The number of hydrogen-bond acceptors (Lipinski definition) is 3. The van der Waals surface area contributed by atoms with E-state index in [0.717, 1.165) is 12.8 Å². The van der Waals surface area contributed by atoms with Crippen LogP contribution in [0.15, 0.2) is 12.3 Å². The molecule has 1 fully saturated rings. The van der Waals surface area contributed by atoms with Gasteiger partial charge in [-0.1, -0.05) is 13.8 Å². The highest BCUT2D eigenvalue weighted by molar-refractivity contribution is 5.92. The van der Waals surface area contributed by atoms with Crippen molar-refractivity contribution in [3.8, 4) is 0 Å². The Labute approximate surface area is 107 Å². The number of β-amino-alcohol motifs (C(OH)–C–C–N with tert-alkyl or cyclic N) is 1. The normalized spacial score (nSPS) is 19.8. The second-order valence-electron chi connectivity index (χ2n) is 4.83. The van der Waals surface area contributed by atoms with Gasteiger partial charge in [0.15, 0.2) is 0 Å². The SMILES string of the molecule is CCC(CC)n1nccc1C(=O)N1CC[C@@H](O)C1. The molecule has 1 N–H and O–H groups in total. The Morgan fingerprint density at radius 2 is 2.28 bits per heavy atom. The molecular formula is C13H21N3O2. The van der Waals surface area contributed by atoms with E-state index in [2.05, 4.69) is 18.9 Å². The van der Waals surface area contributed by atoms with Gasteiger partial charge in [0.25, 0.3) is 5.91 Å². The van der Waals surface area contributed by atoms with E-state index in [0.29, 0.717) is 25.2 Å². The Kier molecular flexibility index (Phi) is 4.01. The van der Waals surface area contributed by atoms with Gasteiger partial charge in [0, 0.05) is 19.3 Å². The fourth-order valence-electron chi connectivity index (χ4n) is 2.50. The highest BCUT2D eigenvalue weighted by atomic mass is 16.3. The van der Waals surface area contributed by atoms with Gasteiger partial charge in [-0.05, 0) is 25.3 Å². The number of likely N-dealkylation sites (tertiary alicyclic amines) is 1. The van der Waals surface area contributed by atoms with E-state index in [4.69, 9.17) is 0 Å². The number of nitrogens with zero attached hydrogens (tertiary/aromatic N) is 3. The standard InChI is InChI=1S/C13H21N3O2/c1-3-10(4-2)16-12(5-7-14-16)13(18)15-8-6-11(17)9-15/h5,7,10-11,17H,3-4,6,8-9H2,1-2H3/t11-/m1/s1. The quantitative estimate of drug-likeness (QED) is 0.881. The monoisotopic (exact) mass is 251 g/mol. The molecule has 100 valence electrons. The Morgan fingerprint density at radius 3 is 2.83 bits per heavy atom. The van der Waals surface area contributed by atoms with E-state index in [1.165, 1.54) is 0 Å². The molecule has 1 aromatic heterocycles. The topological polar surface area (TPSA) is 58.4 Å². The minimum atomic E-state index is -0.376. The zero-order valence-electron chi connectivity index (χ0n) is 11.0. The molecule has 1 amide bonds. The highest BCUT2D eigenvalue weighted by Crippen LogP contribution is 2.19. The Balaban J connectivity index is 2.18. The van der Waals surface area contributed by atoms with Gasteiger partial charge in [-0.2, -0.15) is 5.10 Å². The van der Waals surface area contributed by atoms with Crippen LogP contribution in [0.5, 0.6) is 0 Å². The summed E-state index contributed by atoms with van der Waals surface area (Å²) in [6.07, 6.45) is 3.89. The maximum Gasteiger partial charge on any atom is 0.272 e. The van der Waals surface area contributed by atoms with Gasteiger partial charge >= 0.3 is 0 Å². The van der Waals surface area contributed by atoms with E-state index in [9.17, 15) is 9.90 Å². The molecule has 1 aliphatic rings. The van der Waals surface area contributed by atoms with Gasteiger partial charge in [0.1, 0.15) is 5.69 Å². The first-order valence-corrected chi connectivity index (χ1v) is 6.68. The van der Waals surface area contributed by atoms with E-state index in [1.807, 2.05) is 4.68 Å². The first kappa shape index (κ1) is 13.1. The minimum absolute atomic E-state index is 0.0176. The van der Waals surface area contributed by atoms with Crippen LogP contribution in [-0.2, 0) is 0 Å². The fraction of sp³-hybridized carbons (Fsp3) is 0.692. The number of carbonyl (C=O) groups excluding carboxylic acids is 1. The smallest absolute Gasteiger partial charge is 0.272 e. The third-order valence-electron chi connectivity index (χ3n) is 3.63. The highest BCUT2D eigenvalue weighted by Gasteiger charge is 2.28. The largest absolute Gasteiger partial charge is 0.391 e. The van der Waals surface area contributed by atoms with Crippen LogP contribution in [-0.4, -0.2) is 44.9 Å². The van der Waals surface area contributed by atoms with Gasteiger partial charge in [0.05, 0.1) is 12.1 Å². The predicted molar refractivity (Wildman–Crippen MR) is 68.4 cm³/mol. The van der Waals surface area contributed by atoms with E-state index < -0.39 is 0 Å². The zero-order chi connectivity index (χ0) is 13.1. The molecule has 2 rings (SSSR count). The Bertz CT molecular complexity index is 412. The van der Waals surface area contributed by atoms with Crippen molar-refractivity contribution in [2.24, 2.45) is 0 Å². The van der Waals surface area contributed by atoms with Crippen molar-refractivity contribution in [3.05, 3.63) is 18.0 Å². The number of rotatable bonds is 4. The molecule has 0 saturated carbocycles. The molecule has 0 aromatic carbocycles. The zero-order valence-corrected chi connectivity index (χ0v) is 11.0. The van der Waals surface area contributed by atoms with E-state index in [-0.39, 0.29) is 18.1 Å². The second kappa shape index (κ2) is 5.52. The van der Waals surface area contributed by atoms with E-state index in [1.54, 1.807) is 17.2 Å². The summed E-state index contributed by atoms with van der Waals surface area (Å²) < 4.78 is 1.83. The van der Waals surface area contributed by atoms with Crippen LogP contribution in [0.4, 0.5) is 0 Å². The lowest BCUT2D eigenvalue weighted by atomic mass is 10.1. The van der Waals surface area contributed by atoms with Crippen molar-refractivity contribution in [2.45, 2.75) is 45.3 Å². The molecule has 18 heavy (non-hydrogen) atoms. The number of amides is 1. The fourth-order valence-corrected chi connectivity index (χ4v) is 2.50. The molecule has 1 aromatic rings. The van der Waals surface area contributed by atoms with Gasteiger partial charge in [-0.3, -0.25) is 9.48 Å². The molecular weight excluding hydrogens is 230 g/mol. The number of carbonyl (C=O) groups is 1. The van der Waals surface area contributed by atoms with Gasteiger partial charge in [0.2, 0.25) is 0 Å². The number of hydrogen-bond donors (Lipinski definition) is 1. The average molecular weight is 251 g/mol. The molecule has 1 saturated heterocycles. The first-order chi connectivity index (χ1) is 8.67. The summed E-state index contributed by atoms with van der Waals surface area (Å²) >= 11 is 0. The van der Waals surface area contributed by atoms with Crippen molar-refractivity contribution < 1.29 is 9.90 Å². The number of aliphatic hydroxyl groups excluding tert-OH is 1. The molecule has 1 aliphatic heterocycles. The molecule has 0 bridgehead atoms. The maximum absolute atomic E-state index is 12.4. The molecule has 0 aliphatic carbocycles. The molecule has 2 heterocycles. The summed E-state index contributed by atoms with van der Waals surface area (Å²) in [6, 6.07) is 2.04. The first-order valence-electron chi connectivity index (χ1n) is 6.68. The van der Waals surface area contributed by atoms with Crippen molar-refractivity contribution in [3.63, 3.8) is 0 Å². The summed E-state index contributed by atoms with van der Waals surface area (Å²) in [4.78, 5) is 14.1. The van der Waals surface area contributed by atoms with Crippen LogP contribution in [0.1, 0.15) is 49.6 Å². The molecule has 1 atom stereocenters. The van der Waals surface area contributed by atoms with E-state index >= 15 is 0 Å². The van der Waals surface area contributed by atoms with Gasteiger partial charge < -0.3 is 10.0 Å². The molecule has 5 heteroatoms. The van der Waals surface area contributed by atoms with Crippen molar-refractivity contribution in [2.75, 3.05) is 13.1 Å². The van der Waals surface area contributed by atoms with Gasteiger partial charge in [-0.25, -0.2) is 0 Å². The van der Waals surface area contributed by atoms with Crippen molar-refractivity contribution in [1.29, 1.82) is 0 Å². The number of aliphatic hydroxyl groups is 1. The lowest BCUT2D eigenvalue weighted by Crippen LogP contribution is -2.32. The van der Waals surface area contributed by atoms with Crippen LogP contribution in [0, 0.1) is 0 Å². The minimum Gasteiger partial charge on any atom is -0.391 e. The van der Waals surface area contributed by atoms with Crippen LogP contribution in [0.2, 0.25) is 0 Å². The predicted octanol–water partition coefficient (Wildman–Crippen LogP) is 1.45. The Hall–Kier alpha value is -1.36. The maximum atomic E-state index is 12.4. The third kappa shape index (κ3) is 2.41. The summed E-state index contributed by atoms with van der Waals surface area (Å²) in [7, 11) is 0. The molecule has 0 unspecified atom stereocenters. The average Bonchev–Trinajstić information content (AvgIpc) is 2.99. The molecule has 0 radical (unpaired) electrons. The van der Waals surface area contributed by atoms with Crippen LogP contribution in [0.25, 0.3) is 0 Å².